The maximum Gasteiger partial charge on any atom is 0.182 e. The van der Waals surface area contributed by atoms with Gasteiger partial charge in [0.05, 0.1) is 10.2 Å². The molecule has 0 bridgehead atoms. The van der Waals surface area contributed by atoms with E-state index in [0.29, 0.717) is 29.8 Å². The van der Waals surface area contributed by atoms with Gasteiger partial charge in [-0.3, -0.25) is 4.98 Å². The van der Waals surface area contributed by atoms with Crippen molar-refractivity contribution < 1.29 is 4.74 Å². The van der Waals surface area contributed by atoms with Crippen molar-refractivity contribution in [2.45, 2.75) is 12.8 Å². The smallest absolute Gasteiger partial charge is 0.182 e. The van der Waals surface area contributed by atoms with Crippen LogP contribution in [0.4, 0.5) is 0 Å². The molecule has 202 valence electrons. The third-order valence-electron chi connectivity index (χ3n) is 6.34. The van der Waals surface area contributed by atoms with Gasteiger partial charge in [-0.25, -0.2) is 15.0 Å². The summed E-state index contributed by atoms with van der Waals surface area (Å²) in [6.45, 7) is 8.39. The Kier molecular flexibility index (Phi) is 9.44. The number of ether oxygens (including phenoxy) is 1. The molecule has 0 saturated carbocycles. The summed E-state index contributed by atoms with van der Waals surface area (Å²) in [5.41, 5.74) is 5.83. The number of hydrogen-bond acceptors (Lipinski definition) is 5. The molecular formula is C35H29IN4O. The van der Waals surface area contributed by atoms with Crippen LogP contribution in [0.5, 0.6) is 5.75 Å². The highest BCUT2D eigenvalue weighted by atomic mass is 127. The molecule has 0 spiro atoms. The van der Waals surface area contributed by atoms with E-state index in [-0.39, 0.29) is 0 Å². The van der Waals surface area contributed by atoms with Gasteiger partial charge >= 0.3 is 0 Å². The molecule has 5 rings (SSSR count). The number of hydrogen-bond donors (Lipinski definition) is 0. The van der Waals surface area contributed by atoms with Gasteiger partial charge in [0.1, 0.15) is 11.4 Å². The highest BCUT2D eigenvalue weighted by Gasteiger charge is 2.13. The van der Waals surface area contributed by atoms with Crippen LogP contribution in [0.1, 0.15) is 12.8 Å². The zero-order chi connectivity index (χ0) is 28.4. The second kappa shape index (κ2) is 13.8. The standard InChI is InChI=1S/C35H29IN4O/c1-3-4-11-25(2)12-10-23-41-32-21-20-29(24-30(32)36)26-16-18-28(19-17-26)34-38-33(27-13-6-5-7-14-27)39-35(40-34)31-15-8-9-22-37-31/h3-9,11,13-22,24H,1-2,10,12,23H2/b11-4-. The van der Waals surface area contributed by atoms with Gasteiger partial charge in [0, 0.05) is 17.3 Å². The predicted molar refractivity (Wildman–Crippen MR) is 175 cm³/mol. The van der Waals surface area contributed by atoms with Gasteiger partial charge in [0.2, 0.25) is 0 Å². The van der Waals surface area contributed by atoms with E-state index < -0.39 is 0 Å². The van der Waals surface area contributed by atoms with Crippen molar-refractivity contribution >= 4 is 22.6 Å². The highest BCUT2D eigenvalue weighted by molar-refractivity contribution is 14.1. The van der Waals surface area contributed by atoms with E-state index in [2.05, 4.69) is 65.0 Å². The predicted octanol–water partition coefficient (Wildman–Crippen LogP) is 9.00. The van der Waals surface area contributed by atoms with Crippen LogP contribution in [-0.2, 0) is 0 Å². The van der Waals surface area contributed by atoms with E-state index >= 15 is 0 Å². The fourth-order valence-corrected chi connectivity index (χ4v) is 4.88. The first kappa shape index (κ1) is 28.1. The molecule has 0 saturated heterocycles. The second-order valence-corrected chi connectivity index (χ2v) is 10.5. The molecule has 41 heavy (non-hydrogen) atoms. The fraction of sp³-hybridized carbons (Fsp3) is 0.0857. The lowest BCUT2D eigenvalue weighted by atomic mass is 10.0. The van der Waals surface area contributed by atoms with Crippen LogP contribution in [0.25, 0.3) is 45.4 Å². The molecule has 0 radical (unpaired) electrons. The number of allylic oxidation sites excluding steroid dienone is 4. The van der Waals surface area contributed by atoms with Crippen molar-refractivity contribution in [3.8, 4) is 51.2 Å². The molecule has 0 aliphatic rings. The monoisotopic (exact) mass is 648 g/mol. The lowest BCUT2D eigenvalue weighted by Crippen LogP contribution is -2.01. The molecular weight excluding hydrogens is 619 g/mol. The Morgan fingerprint density at radius 2 is 1.41 bits per heavy atom. The van der Waals surface area contributed by atoms with Crippen molar-refractivity contribution in [2.75, 3.05) is 6.61 Å². The first-order valence-corrected chi connectivity index (χ1v) is 14.4. The van der Waals surface area contributed by atoms with E-state index in [1.54, 1.807) is 12.3 Å². The number of aromatic nitrogens is 4. The largest absolute Gasteiger partial charge is 0.492 e. The summed E-state index contributed by atoms with van der Waals surface area (Å²) in [7, 11) is 0. The topological polar surface area (TPSA) is 60.8 Å². The maximum absolute atomic E-state index is 6.03. The Labute approximate surface area is 254 Å². The average Bonchev–Trinajstić information content (AvgIpc) is 3.03. The van der Waals surface area contributed by atoms with Crippen LogP contribution in [0, 0.1) is 3.57 Å². The van der Waals surface area contributed by atoms with Crippen LogP contribution in [-0.4, -0.2) is 26.5 Å². The zero-order valence-electron chi connectivity index (χ0n) is 22.6. The van der Waals surface area contributed by atoms with Gasteiger partial charge in [0.15, 0.2) is 17.5 Å². The van der Waals surface area contributed by atoms with Gasteiger partial charge in [-0.2, -0.15) is 0 Å². The number of pyridine rings is 1. The quantitative estimate of drug-likeness (QED) is 0.0813. The van der Waals surface area contributed by atoms with Crippen molar-refractivity contribution in [3.05, 3.63) is 138 Å². The molecule has 2 heterocycles. The molecule has 5 aromatic rings. The van der Waals surface area contributed by atoms with Crippen LogP contribution >= 0.6 is 22.6 Å². The first-order chi connectivity index (χ1) is 20.1. The van der Waals surface area contributed by atoms with Crippen LogP contribution in [0.2, 0.25) is 0 Å². The molecule has 6 heteroatoms. The Bertz CT molecular complexity index is 1610. The summed E-state index contributed by atoms with van der Waals surface area (Å²) in [6.07, 6.45) is 9.19. The van der Waals surface area contributed by atoms with Gasteiger partial charge < -0.3 is 4.74 Å². The summed E-state index contributed by atoms with van der Waals surface area (Å²) in [5.74, 6) is 2.65. The lowest BCUT2D eigenvalue weighted by molar-refractivity contribution is 0.309. The van der Waals surface area contributed by atoms with Crippen LogP contribution in [0.3, 0.4) is 0 Å². The fourth-order valence-electron chi connectivity index (χ4n) is 4.21. The van der Waals surface area contributed by atoms with E-state index in [1.165, 1.54) is 0 Å². The minimum Gasteiger partial charge on any atom is -0.492 e. The van der Waals surface area contributed by atoms with Crippen LogP contribution in [0.15, 0.2) is 134 Å². The Morgan fingerprint density at radius 3 is 2.10 bits per heavy atom. The number of rotatable bonds is 11. The molecule has 2 aromatic heterocycles. The molecule has 0 aliphatic carbocycles. The van der Waals surface area contributed by atoms with E-state index in [0.717, 1.165) is 50.0 Å². The van der Waals surface area contributed by atoms with Crippen molar-refractivity contribution in [1.29, 1.82) is 0 Å². The normalized spacial score (nSPS) is 11.0. The minimum absolute atomic E-state index is 0.543. The number of nitrogens with zero attached hydrogens (tertiary/aromatic N) is 4. The van der Waals surface area contributed by atoms with E-state index in [4.69, 9.17) is 19.7 Å². The highest BCUT2D eigenvalue weighted by Crippen LogP contribution is 2.30. The summed E-state index contributed by atoms with van der Waals surface area (Å²) < 4.78 is 7.10. The van der Waals surface area contributed by atoms with Gasteiger partial charge in [-0.1, -0.05) is 104 Å². The SMILES string of the molecule is C=C/C=C\C(=C)CCCOc1ccc(-c2ccc(-c3nc(-c4ccccc4)nc(-c4ccccn4)n3)cc2)cc1I. The summed E-state index contributed by atoms with van der Waals surface area (Å²) in [4.78, 5) is 18.8. The van der Waals surface area contributed by atoms with E-state index in [9.17, 15) is 0 Å². The van der Waals surface area contributed by atoms with Gasteiger partial charge in [-0.15, -0.1) is 0 Å². The van der Waals surface area contributed by atoms with Crippen LogP contribution < -0.4 is 4.74 Å². The molecule has 0 fully saturated rings. The average molecular weight is 649 g/mol. The maximum atomic E-state index is 6.03. The number of halogens is 1. The summed E-state index contributed by atoms with van der Waals surface area (Å²) >= 11 is 2.33. The molecule has 3 aromatic carbocycles. The molecule has 0 aliphatic heterocycles. The molecule has 5 nitrogen and oxygen atoms in total. The Morgan fingerprint density at radius 1 is 0.756 bits per heavy atom. The molecule has 0 unspecified atom stereocenters. The second-order valence-electron chi connectivity index (χ2n) is 9.31. The van der Waals surface area contributed by atoms with Gasteiger partial charge in [0.25, 0.3) is 0 Å². The molecule has 0 amide bonds. The molecule has 0 atom stereocenters. The summed E-state index contributed by atoms with van der Waals surface area (Å²) in [5, 5.41) is 0. The lowest BCUT2D eigenvalue weighted by Gasteiger charge is -2.11. The third kappa shape index (κ3) is 7.41. The van der Waals surface area contributed by atoms with Crippen molar-refractivity contribution in [3.63, 3.8) is 0 Å². The Balaban J connectivity index is 1.34. The van der Waals surface area contributed by atoms with Crippen molar-refractivity contribution in [1.82, 2.24) is 19.9 Å². The molecule has 0 N–H and O–H groups in total. The van der Waals surface area contributed by atoms with Gasteiger partial charge in [-0.05, 0) is 70.8 Å². The first-order valence-electron chi connectivity index (χ1n) is 13.3. The number of benzene rings is 3. The zero-order valence-corrected chi connectivity index (χ0v) is 24.7. The van der Waals surface area contributed by atoms with E-state index in [1.807, 2.05) is 78.9 Å². The minimum atomic E-state index is 0.543. The Hall–Kier alpha value is -4.43. The van der Waals surface area contributed by atoms with Crippen molar-refractivity contribution in [2.24, 2.45) is 0 Å². The third-order valence-corrected chi connectivity index (χ3v) is 7.18. The summed E-state index contributed by atoms with van der Waals surface area (Å²) in [6, 6.07) is 30.2.